The molecule has 0 aliphatic carbocycles. The van der Waals surface area contributed by atoms with Gasteiger partial charge in [0.15, 0.2) is 6.29 Å². The minimum atomic E-state index is -0.146. The molecule has 0 saturated carbocycles. The minimum Gasteiger partial charge on any atom is -0.350 e. The van der Waals surface area contributed by atoms with E-state index in [-0.39, 0.29) is 18.1 Å². The van der Waals surface area contributed by atoms with Gasteiger partial charge in [0.1, 0.15) is 0 Å². The van der Waals surface area contributed by atoms with Gasteiger partial charge >= 0.3 is 0 Å². The summed E-state index contributed by atoms with van der Waals surface area (Å²) in [4.78, 5) is 14.9. The van der Waals surface area contributed by atoms with E-state index in [4.69, 9.17) is 9.47 Å². The van der Waals surface area contributed by atoms with Gasteiger partial charge in [-0.05, 0) is 43.2 Å². The fourth-order valence-electron chi connectivity index (χ4n) is 3.55. The second-order valence-electron chi connectivity index (χ2n) is 6.40. The van der Waals surface area contributed by atoms with Crippen LogP contribution in [-0.2, 0) is 9.47 Å². The van der Waals surface area contributed by atoms with Crippen LogP contribution in [0.2, 0.25) is 0 Å². The van der Waals surface area contributed by atoms with Gasteiger partial charge in [-0.3, -0.25) is 4.79 Å². The molecule has 2 aliphatic rings. The summed E-state index contributed by atoms with van der Waals surface area (Å²) in [5, 5.41) is 0. The van der Waals surface area contributed by atoms with Gasteiger partial charge in [0, 0.05) is 42.7 Å². The summed E-state index contributed by atoms with van der Waals surface area (Å²) in [6, 6.07) is 11.7. The maximum atomic E-state index is 12.9. The molecule has 1 aromatic carbocycles. The van der Waals surface area contributed by atoms with Gasteiger partial charge in [-0.1, -0.05) is 6.07 Å². The molecule has 1 atom stereocenters. The second-order valence-corrected chi connectivity index (χ2v) is 6.40. The zero-order chi connectivity index (χ0) is 16.4. The first-order valence-electron chi connectivity index (χ1n) is 8.57. The predicted molar refractivity (Wildman–Crippen MR) is 90.1 cm³/mol. The van der Waals surface area contributed by atoms with E-state index in [2.05, 4.69) is 0 Å². The summed E-state index contributed by atoms with van der Waals surface area (Å²) < 4.78 is 13.3. The smallest absolute Gasteiger partial charge is 0.253 e. The van der Waals surface area contributed by atoms with Crippen LogP contribution in [0.15, 0.2) is 48.8 Å². The number of carbonyl (C=O) groups is 1. The van der Waals surface area contributed by atoms with Crippen LogP contribution < -0.4 is 0 Å². The van der Waals surface area contributed by atoms with Crippen LogP contribution in [-0.4, -0.2) is 48.0 Å². The van der Waals surface area contributed by atoms with Crippen LogP contribution >= 0.6 is 0 Å². The van der Waals surface area contributed by atoms with Crippen molar-refractivity contribution in [3.63, 3.8) is 0 Å². The van der Waals surface area contributed by atoms with Gasteiger partial charge in [-0.15, -0.1) is 0 Å². The Labute approximate surface area is 141 Å². The molecule has 0 spiro atoms. The Balaban J connectivity index is 1.49. The van der Waals surface area contributed by atoms with Gasteiger partial charge < -0.3 is 18.9 Å². The number of piperidine rings is 1. The molecule has 2 fully saturated rings. The number of rotatable bonds is 3. The van der Waals surface area contributed by atoms with E-state index in [0.717, 1.165) is 30.6 Å². The van der Waals surface area contributed by atoms with Crippen molar-refractivity contribution in [1.82, 2.24) is 9.47 Å². The Hall–Kier alpha value is -2.11. The third-order valence-corrected chi connectivity index (χ3v) is 4.77. The summed E-state index contributed by atoms with van der Waals surface area (Å²) in [6.45, 7) is 2.83. The highest BCUT2D eigenvalue weighted by Crippen LogP contribution is 2.26. The normalized spacial score (nSPS) is 22.0. The quantitative estimate of drug-likeness (QED) is 0.871. The van der Waals surface area contributed by atoms with E-state index in [9.17, 15) is 4.79 Å². The number of hydrogen-bond acceptors (Lipinski definition) is 3. The number of likely N-dealkylation sites (tertiary alicyclic amines) is 1. The molecule has 2 aliphatic heterocycles. The number of aromatic nitrogens is 1. The summed E-state index contributed by atoms with van der Waals surface area (Å²) in [5.41, 5.74) is 1.73. The molecule has 3 heterocycles. The standard InChI is InChI=1S/C19H22N2O3/c22-18(15-5-3-7-17(13-15)20-8-1-2-9-20)21-10-4-6-16(14-21)19-23-11-12-24-19/h1-3,5,7-9,13,16,19H,4,6,10-12,14H2. The molecule has 24 heavy (non-hydrogen) atoms. The molecule has 0 bridgehead atoms. The highest BCUT2D eigenvalue weighted by molar-refractivity contribution is 5.94. The fraction of sp³-hybridized carbons (Fsp3) is 0.421. The average Bonchev–Trinajstić information content (AvgIpc) is 3.35. The molecule has 2 saturated heterocycles. The predicted octanol–water partition coefficient (Wildman–Crippen LogP) is 2.70. The van der Waals surface area contributed by atoms with Crippen molar-refractivity contribution in [2.45, 2.75) is 19.1 Å². The fourth-order valence-corrected chi connectivity index (χ4v) is 3.55. The molecular formula is C19H22N2O3. The number of benzene rings is 1. The largest absolute Gasteiger partial charge is 0.350 e. The molecule has 0 radical (unpaired) electrons. The molecule has 1 amide bonds. The van der Waals surface area contributed by atoms with E-state index in [0.29, 0.717) is 19.8 Å². The molecule has 2 aromatic rings. The van der Waals surface area contributed by atoms with Crippen LogP contribution in [0.3, 0.4) is 0 Å². The Morgan fingerprint density at radius 3 is 2.67 bits per heavy atom. The first-order valence-corrected chi connectivity index (χ1v) is 8.57. The zero-order valence-electron chi connectivity index (χ0n) is 13.6. The molecule has 1 unspecified atom stereocenters. The van der Waals surface area contributed by atoms with E-state index >= 15 is 0 Å². The Bertz CT molecular complexity index is 692. The molecule has 4 rings (SSSR count). The highest BCUT2D eigenvalue weighted by atomic mass is 16.7. The lowest BCUT2D eigenvalue weighted by atomic mass is 9.96. The van der Waals surface area contributed by atoms with Crippen molar-refractivity contribution in [2.24, 2.45) is 5.92 Å². The maximum absolute atomic E-state index is 12.9. The zero-order valence-corrected chi connectivity index (χ0v) is 13.6. The first-order chi connectivity index (χ1) is 11.8. The number of amides is 1. The molecule has 0 N–H and O–H groups in total. The van der Waals surface area contributed by atoms with Crippen molar-refractivity contribution < 1.29 is 14.3 Å². The highest BCUT2D eigenvalue weighted by Gasteiger charge is 2.33. The Morgan fingerprint density at radius 1 is 1.08 bits per heavy atom. The minimum absolute atomic E-state index is 0.0895. The lowest BCUT2D eigenvalue weighted by Gasteiger charge is -2.34. The third-order valence-electron chi connectivity index (χ3n) is 4.77. The Morgan fingerprint density at radius 2 is 1.88 bits per heavy atom. The van der Waals surface area contributed by atoms with Crippen LogP contribution in [0.5, 0.6) is 0 Å². The van der Waals surface area contributed by atoms with Crippen molar-refractivity contribution in [3.05, 3.63) is 54.4 Å². The number of ether oxygens (including phenoxy) is 2. The Kier molecular flexibility index (Phi) is 4.36. The van der Waals surface area contributed by atoms with Gasteiger partial charge in [0.25, 0.3) is 5.91 Å². The summed E-state index contributed by atoms with van der Waals surface area (Å²) in [6.07, 6.45) is 5.87. The van der Waals surface area contributed by atoms with Crippen LogP contribution in [0.25, 0.3) is 5.69 Å². The number of carbonyl (C=O) groups excluding carboxylic acids is 1. The van der Waals surface area contributed by atoms with Crippen molar-refractivity contribution in [2.75, 3.05) is 26.3 Å². The molecule has 5 heteroatoms. The van der Waals surface area contributed by atoms with Gasteiger partial charge in [-0.25, -0.2) is 0 Å². The molecule has 126 valence electrons. The van der Waals surface area contributed by atoms with Crippen LogP contribution in [0.4, 0.5) is 0 Å². The average molecular weight is 326 g/mol. The van der Waals surface area contributed by atoms with E-state index in [1.54, 1.807) is 0 Å². The topological polar surface area (TPSA) is 43.7 Å². The van der Waals surface area contributed by atoms with E-state index in [1.165, 1.54) is 0 Å². The van der Waals surface area contributed by atoms with Crippen molar-refractivity contribution in [3.8, 4) is 5.69 Å². The second kappa shape index (κ2) is 6.79. The van der Waals surface area contributed by atoms with E-state index < -0.39 is 0 Å². The van der Waals surface area contributed by atoms with Gasteiger partial charge in [-0.2, -0.15) is 0 Å². The molecular weight excluding hydrogens is 304 g/mol. The molecule has 5 nitrogen and oxygen atoms in total. The number of nitrogens with zero attached hydrogens (tertiary/aromatic N) is 2. The summed E-state index contributed by atoms with van der Waals surface area (Å²) in [5.74, 6) is 0.365. The SMILES string of the molecule is O=C(c1cccc(-n2cccc2)c1)N1CCCC(C2OCCO2)C1. The monoisotopic (exact) mass is 326 g/mol. The maximum Gasteiger partial charge on any atom is 0.253 e. The van der Waals surface area contributed by atoms with Crippen molar-refractivity contribution in [1.29, 1.82) is 0 Å². The van der Waals surface area contributed by atoms with E-state index in [1.807, 2.05) is 58.3 Å². The number of hydrogen-bond donors (Lipinski definition) is 0. The van der Waals surface area contributed by atoms with Crippen LogP contribution in [0.1, 0.15) is 23.2 Å². The summed E-state index contributed by atoms with van der Waals surface area (Å²) in [7, 11) is 0. The lowest BCUT2D eigenvalue weighted by Crippen LogP contribution is -2.43. The summed E-state index contributed by atoms with van der Waals surface area (Å²) >= 11 is 0. The third kappa shape index (κ3) is 3.09. The van der Waals surface area contributed by atoms with Crippen molar-refractivity contribution >= 4 is 5.91 Å². The first kappa shape index (κ1) is 15.4. The lowest BCUT2D eigenvalue weighted by molar-refractivity contribution is -0.0969. The molecule has 1 aromatic heterocycles. The van der Waals surface area contributed by atoms with Gasteiger partial charge in [0.05, 0.1) is 13.2 Å². The van der Waals surface area contributed by atoms with Crippen LogP contribution in [0, 0.1) is 5.92 Å². The van der Waals surface area contributed by atoms with Gasteiger partial charge in [0.2, 0.25) is 0 Å².